The number of nitrogens with one attached hydrogen (secondary N) is 1. The maximum atomic E-state index is 13.2. The van der Waals surface area contributed by atoms with Crippen molar-refractivity contribution in [1.29, 1.82) is 0 Å². The number of sulfonamides is 1. The number of nitrogens with two attached hydrogens (primary N) is 2. The highest BCUT2D eigenvalue weighted by Crippen LogP contribution is 2.27. The zero-order valence-corrected chi connectivity index (χ0v) is 10.1. The summed E-state index contributed by atoms with van der Waals surface area (Å²) in [6, 6.07) is 2.45. The molecule has 5 N–H and O–H groups in total. The summed E-state index contributed by atoms with van der Waals surface area (Å²) in [6.45, 7) is 0.0812. The molecule has 0 radical (unpaired) electrons. The number of hydrogen-bond acceptors (Lipinski definition) is 5. The number of benzene rings is 1. The lowest BCUT2D eigenvalue weighted by atomic mass is 10.2. The van der Waals surface area contributed by atoms with Gasteiger partial charge in [0.2, 0.25) is 10.0 Å². The lowest BCUT2D eigenvalue weighted by molar-refractivity contribution is 0.387. The lowest BCUT2D eigenvalue weighted by Crippen LogP contribution is -2.22. The van der Waals surface area contributed by atoms with Crippen molar-refractivity contribution in [3.05, 3.63) is 17.9 Å². The highest BCUT2D eigenvalue weighted by Gasteiger charge is 2.09. The fourth-order valence-corrected chi connectivity index (χ4v) is 1.59. The van der Waals surface area contributed by atoms with Crippen LogP contribution in [0.5, 0.6) is 5.75 Å². The van der Waals surface area contributed by atoms with Crippen LogP contribution in [-0.4, -0.2) is 27.8 Å². The molecule has 0 aliphatic carbocycles. The molecule has 0 aromatic heterocycles. The van der Waals surface area contributed by atoms with E-state index in [1.54, 1.807) is 0 Å². The van der Waals surface area contributed by atoms with Gasteiger partial charge in [-0.05, 0) is 0 Å². The Morgan fingerprint density at radius 3 is 2.65 bits per heavy atom. The number of halogens is 1. The lowest BCUT2D eigenvalue weighted by Gasteiger charge is -2.11. The number of ether oxygens (including phenoxy) is 1. The van der Waals surface area contributed by atoms with Gasteiger partial charge in [-0.15, -0.1) is 0 Å². The van der Waals surface area contributed by atoms with Crippen molar-refractivity contribution in [3.8, 4) is 5.75 Å². The molecule has 6 nitrogen and oxygen atoms in total. The van der Waals surface area contributed by atoms with Crippen LogP contribution < -0.4 is 20.9 Å². The third-order valence-electron chi connectivity index (χ3n) is 2.03. The molecule has 0 aliphatic rings. The Kier molecular flexibility index (Phi) is 4.13. The Balaban J connectivity index is 2.77. The molecule has 17 heavy (non-hydrogen) atoms. The van der Waals surface area contributed by atoms with E-state index in [1.165, 1.54) is 13.2 Å². The van der Waals surface area contributed by atoms with Gasteiger partial charge in [-0.2, -0.15) is 0 Å². The highest BCUT2D eigenvalue weighted by molar-refractivity contribution is 7.89. The van der Waals surface area contributed by atoms with E-state index in [2.05, 4.69) is 5.32 Å². The third kappa shape index (κ3) is 4.08. The molecule has 0 spiro atoms. The molecule has 0 saturated carbocycles. The Morgan fingerprint density at radius 1 is 1.47 bits per heavy atom. The number of methoxy groups -OCH3 is 1. The van der Waals surface area contributed by atoms with E-state index in [0.717, 1.165) is 6.07 Å². The third-order valence-corrected chi connectivity index (χ3v) is 2.80. The van der Waals surface area contributed by atoms with Crippen molar-refractivity contribution in [2.45, 2.75) is 0 Å². The Morgan fingerprint density at radius 2 is 2.12 bits per heavy atom. The molecule has 0 bridgehead atoms. The van der Waals surface area contributed by atoms with Gasteiger partial charge in [-0.25, -0.2) is 17.9 Å². The Hall–Kier alpha value is -1.54. The second-order valence-electron chi connectivity index (χ2n) is 3.37. The van der Waals surface area contributed by atoms with Crippen molar-refractivity contribution in [2.75, 3.05) is 30.5 Å². The molecule has 0 heterocycles. The summed E-state index contributed by atoms with van der Waals surface area (Å²) < 4.78 is 39.4. The standard InChI is InChI=1S/C9H14FN3O3S/c1-16-9-5-8(7(11)4-6(9)10)13-2-3-17(12,14)15/h4-5,13H,2-3,11H2,1H3,(H2,12,14,15). The molecule has 1 aromatic carbocycles. The van der Waals surface area contributed by atoms with Crippen molar-refractivity contribution < 1.29 is 17.5 Å². The summed E-state index contributed by atoms with van der Waals surface area (Å²) >= 11 is 0. The molecule has 0 saturated heterocycles. The van der Waals surface area contributed by atoms with Crippen LogP contribution in [0.3, 0.4) is 0 Å². The van der Waals surface area contributed by atoms with E-state index in [0.29, 0.717) is 5.69 Å². The zero-order chi connectivity index (χ0) is 13.1. The van der Waals surface area contributed by atoms with E-state index in [9.17, 15) is 12.8 Å². The van der Waals surface area contributed by atoms with Gasteiger partial charge in [0.25, 0.3) is 0 Å². The van der Waals surface area contributed by atoms with Gasteiger partial charge in [-0.3, -0.25) is 0 Å². The maximum Gasteiger partial charge on any atom is 0.210 e. The quantitative estimate of drug-likeness (QED) is 0.654. The van der Waals surface area contributed by atoms with Crippen molar-refractivity contribution in [2.24, 2.45) is 5.14 Å². The molecule has 1 rings (SSSR count). The van der Waals surface area contributed by atoms with E-state index in [4.69, 9.17) is 15.6 Å². The van der Waals surface area contributed by atoms with Crippen LogP contribution in [0.2, 0.25) is 0 Å². The first kappa shape index (κ1) is 13.5. The van der Waals surface area contributed by atoms with Crippen LogP contribution in [0, 0.1) is 5.82 Å². The first-order chi connectivity index (χ1) is 7.83. The second kappa shape index (κ2) is 5.19. The maximum absolute atomic E-state index is 13.2. The van der Waals surface area contributed by atoms with Crippen LogP contribution in [0.15, 0.2) is 12.1 Å². The molecular weight excluding hydrogens is 249 g/mol. The summed E-state index contributed by atoms with van der Waals surface area (Å²) in [5.41, 5.74) is 6.12. The molecule has 0 unspecified atom stereocenters. The van der Waals surface area contributed by atoms with Crippen LogP contribution in [-0.2, 0) is 10.0 Å². The van der Waals surface area contributed by atoms with Gasteiger partial charge >= 0.3 is 0 Å². The zero-order valence-electron chi connectivity index (χ0n) is 9.23. The van der Waals surface area contributed by atoms with Crippen molar-refractivity contribution >= 4 is 21.4 Å². The average molecular weight is 263 g/mol. The molecule has 96 valence electrons. The van der Waals surface area contributed by atoms with Gasteiger partial charge in [-0.1, -0.05) is 0 Å². The average Bonchev–Trinajstić information content (AvgIpc) is 2.19. The number of primary sulfonamides is 1. The van der Waals surface area contributed by atoms with E-state index in [1.807, 2.05) is 0 Å². The summed E-state index contributed by atoms with van der Waals surface area (Å²) in [5, 5.41) is 7.57. The van der Waals surface area contributed by atoms with Crippen LogP contribution >= 0.6 is 0 Å². The molecule has 1 aromatic rings. The predicted molar refractivity (Wildman–Crippen MR) is 63.8 cm³/mol. The first-order valence-corrected chi connectivity index (χ1v) is 6.42. The summed E-state index contributed by atoms with van der Waals surface area (Å²) in [4.78, 5) is 0. The van der Waals surface area contributed by atoms with Crippen LogP contribution in [0.1, 0.15) is 0 Å². The second-order valence-corrected chi connectivity index (χ2v) is 5.10. The fourth-order valence-electron chi connectivity index (χ4n) is 1.21. The van der Waals surface area contributed by atoms with Gasteiger partial charge in [0.1, 0.15) is 0 Å². The van der Waals surface area contributed by atoms with Gasteiger partial charge in [0.15, 0.2) is 11.6 Å². The Labute approximate surface area is 98.8 Å². The fraction of sp³-hybridized carbons (Fsp3) is 0.333. The summed E-state index contributed by atoms with van der Waals surface area (Å²) in [6.07, 6.45) is 0. The van der Waals surface area contributed by atoms with E-state index >= 15 is 0 Å². The molecule has 0 amide bonds. The van der Waals surface area contributed by atoms with E-state index in [-0.39, 0.29) is 23.7 Å². The normalized spacial score (nSPS) is 11.2. The molecule has 8 heteroatoms. The monoisotopic (exact) mass is 263 g/mol. The predicted octanol–water partition coefficient (Wildman–Crippen LogP) is 0.117. The van der Waals surface area contributed by atoms with Crippen LogP contribution in [0.4, 0.5) is 15.8 Å². The van der Waals surface area contributed by atoms with Crippen molar-refractivity contribution in [1.82, 2.24) is 0 Å². The largest absolute Gasteiger partial charge is 0.494 e. The molecule has 0 fully saturated rings. The SMILES string of the molecule is COc1cc(NCCS(N)(=O)=O)c(N)cc1F. The molecule has 0 aliphatic heterocycles. The first-order valence-electron chi connectivity index (χ1n) is 4.71. The van der Waals surface area contributed by atoms with Gasteiger partial charge < -0.3 is 15.8 Å². The van der Waals surface area contributed by atoms with Gasteiger partial charge in [0.05, 0.1) is 24.2 Å². The number of anilines is 2. The molecular formula is C9H14FN3O3S. The minimum atomic E-state index is -3.54. The van der Waals surface area contributed by atoms with Gasteiger partial charge in [0, 0.05) is 18.7 Å². The van der Waals surface area contributed by atoms with E-state index < -0.39 is 15.8 Å². The van der Waals surface area contributed by atoms with Crippen LogP contribution in [0.25, 0.3) is 0 Å². The van der Waals surface area contributed by atoms with Crippen molar-refractivity contribution in [3.63, 3.8) is 0 Å². The Bertz CT molecular complexity index is 504. The number of rotatable bonds is 5. The number of nitrogen functional groups attached to an aromatic ring is 1. The summed E-state index contributed by atoms with van der Waals surface area (Å²) in [5.74, 6) is -0.800. The number of hydrogen-bond donors (Lipinski definition) is 3. The summed E-state index contributed by atoms with van der Waals surface area (Å²) in [7, 11) is -2.22. The minimum absolute atomic E-state index is 0.0253. The highest BCUT2D eigenvalue weighted by atomic mass is 32.2. The topological polar surface area (TPSA) is 107 Å². The smallest absolute Gasteiger partial charge is 0.210 e. The minimum Gasteiger partial charge on any atom is -0.494 e. The molecule has 0 atom stereocenters.